The quantitative estimate of drug-likeness (QED) is 0.430. The number of hydrogen-bond acceptors (Lipinski definition) is 2. The van der Waals surface area contributed by atoms with Gasteiger partial charge in [0.2, 0.25) is 0 Å². The summed E-state index contributed by atoms with van der Waals surface area (Å²) in [5, 5.41) is 0. The Bertz CT molecular complexity index is 124. The first kappa shape index (κ1) is 7.06. The molecule has 1 heterocycles. The van der Waals surface area contributed by atoms with Gasteiger partial charge in [0.25, 0.3) is 0 Å². The number of halogens is 1. The predicted molar refractivity (Wildman–Crippen MR) is 37.5 cm³/mol. The third-order valence-corrected chi connectivity index (χ3v) is 2.65. The summed E-state index contributed by atoms with van der Waals surface area (Å²) in [6.07, 6.45) is 1.51. The molecule has 0 amide bonds. The van der Waals surface area contributed by atoms with Crippen LogP contribution >= 0.6 is 15.9 Å². The van der Waals surface area contributed by atoms with Crippen LogP contribution in [0.2, 0.25) is 0 Å². The molecule has 0 N–H and O–H groups in total. The Kier molecular flexibility index (Phi) is 2.11. The van der Waals surface area contributed by atoms with E-state index in [0.717, 1.165) is 6.42 Å². The van der Waals surface area contributed by atoms with E-state index in [4.69, 9.17) is 4.74 Å². The highest BCUT2D eigenvalue weighted by Crippen LogP contribution is 2.20. The third-order valence-electron chi connectivity index (χ3n) is 1.45. The fraction of sp³-hybridized carbons (Fsp3) is 0.833. The van der Waals surface area contributed by atoms with Crippen molar-refractivity contribution < 1.29 is 9.53 Å². The van der Waals surface area contributed by atoms with E-state index in [2.05, 4.69) is 15.9 Å². The summed E-state index contributed by atoms with van der Waals surface area (Å²) >= 11 is 3.40. The molecule has 0 saturated carbocycles. The summed E-state index contributed by atoms with van der Waals surface area (Å²) in [6.45, 7) is 1.90. The van der Waals surface area contributed by atoms with Crippen LogP contribution < -0.4 is 0 Å². The van der Waals surface area contributed by atoms with Crippen molar-refractivity contribution in [3.8, 4) is 0 Å². The largest absolute Gasteiger partial charge is 0.461 e. The average molecular weight is 193 g/mol. The van der Waals surface area contributed by atoms with Gasteiger partial charge in [-0.1, -0.05) is 15.9 Å². The number of esters is 1. The molecule has 52 valence electrons. The molecule has 3 heteroatoms. The van der Waals surface area contributed by atoms with Crippen molar-refractivity contribution in [1.29, 1.82) is 0 Å². The van der Waals surface area contributed by atoms with Crippen molar-refractivity contribution in [3.05, 3.63) is 0 Å². The van der Waals surface area contributed by atoms with Crippen LogP contribution in [0.4, 0.5) is 0 Å². The van der Waals surface area contributed by atoms with Gasteiger partial charge in [-0.05, 0) is 13.3 Å². The molecule has 0 radical (unpaired) electrons. The predicted octanol–water partition coefficient (Wildman–Crippen LogP) is 1.48. The van der Waals surface area contributed by atoms with E-state index in [-0.39, 0.29) is 12.1 Å². The van der Waals surface area contributed by atoms with E-state index in [1.54, 1.807) is 0 Å². The Hall–Kier alpha value is -0.0500. The lowest BCUT2D eigenvalue weighted by molar-refractivity contribution is -0.151. The van der Waals surface area contributed by atoms with E-state index in [1.807, 2.05) is 6.92 Å². The van der Waals surface area contributed by atoms with Crippen LogP contribution in [-0.2, 0) is 9.53 Å². The van der Waals surface area contributed by atoms with Crippen molar-refractivity contribution in [2.24, 2.45) is 0 Å². The van der Waals surface area contributed by atoms with Gasteiger partial charge in [0.15, 0.2) is 0 Å². The molecule has 0 aliphatic carbocycles. The van der Waals surface area contributed by atoms with Gasteiger partial charge in [-0.3, -0.25) is 4.79 Å². The molecule has 0 unspecified atom stereocenters. The van der Waals surface area contributed by atoms with Gasteiger partial charge in [0, 0.05) is 6.42 Å². The molecule has 0 aromatic rings. The van der Waals surface area contributed by atoms with Gasteiger partial charge < -0.3 is 4.74 Å². The smallest absolute Gasteiger partial charge is 0.306 e. The number of carbonyl (C=O) groups is 1. The summed E-state index contributed by atoms with van der Waals surface area (Å²) in [4.78, 5) is 10.9. The Labute approximate surface area is 62.7 Å². The molecule has 1 aliphatic rings. The van der Waals surface area contributed by atoms with Crippen LogP contribution in [-0.4, -0.2) is 16.9 Å². The number of ether oxygens (including phenoxy) is 1. The molecule has 1 aliphatic heterocycles. The van der Waals surface area contributed by atoms with E-state index in [0.29, 0.717) is 11.2 Å². The van der Waals surface area contributed by atoms with Gasteiger partial charge >= 0.3 is 5.97 Å². The first-order valence-electron chi connectivity index (χ1n) is 3.03. The molecule has 1 fully saturated rings. The van der Waals surface area contributed by atoms with Crippen molar-refractivity contribution >= 4 is 21.9 Å². The van der Waals surface area contributed by atoms with Gasteiger partial charge in [0.1, 0.15) is 6.10 Å². The van der Waals surface area contributed by atoms with Gasteiger partial charge in [-0.25, -0.2) is 0 Å². The first-order valence-corrected chi connectivity index (χ1v) is 3.95. The second kappa shape index (κ2) is 2.69. The summed E-state index contributed by atoms with van der Waals surface area (Å²) in [7, 11) is 0. The van der Waals surface area contributed by atoms with E-state index < -0.39 is 0 Å². The summed E-state index contributed by atoms with van der Waals surface area (Å²) < 4.78 is 4.91. The fourth-order valence-electron chi connectivity index (χ4n) is 0.831. The molecular formula is C6H9BrO2. The normalized spacial score (nSPS) is 36.0. The van der Waals surface area contributed by atoms with Crippen LogP contribution in [0.1, 0.15) is 19.8 Å². The highest BCUT2D eigenvalue weighted by atomic mass is 79.9. The zero-order valence-corrected chi connectivity index (χ0v) is 6.85. The minimum Gasteiger partial charge on any atom is -0.461 e. The van der Waals surface area contributed by atoms with Crippen molar-refractivity contribution in [3.63, 3.8) is 0 Å². The molecule has 9 heavy (non-hydrogen) atoms. The molecule has 0 bridgehead atoms. The van der Waals surface area contributed by atoms with Gasteiger partial charge in [0.05, 0.1) is 4.83 Å². The minimum atomic E-state index is -0.0711. The SMILES string of the molecule is C[C@@H]1OC(=O)CC[C@H]1Br. The fourth-order valence-corrected chi connectivity index (χ4v) is 1.17. The molecule has 0 aromatic carbocycles. The molecular weight excluding hydrogens is 184 g/mol. The second-order valence-corrected chi connectivity index (χ2v) is 3.43. The number of alkyl halides is 1. The highest BCUT2D eigenvalue weighted by Gasteiger charge is 2.24. The lowest BCUT2D eigenvalue weighted by atomic mass is 10.1. The minimum absolute atomic E-state index is 0.0475. The second-order valence-electron chi connectivity index (χ2n) is 2.25. The maximum absolute atomic E-state index is 10.6. The van der Waals surface area contributed by atoms with Crippen LogP contribution in [0.5, 0.6) is 0 Å². The van der Waals surface area contributed by atoms with Crippen LogP contribution in [0.25, 0.3) is 0 Å². The number of hydrogen-bond donors (Lipinski definition) is 0. The van der Waals surface area contributed by atoms with Crippen molar-refractivity contribution in [2.75, 3.05) is 0 Å². The number of rotatable bonds is 0. The maximum Gasteiger partial charge on any atom is 0.306 e. The summed E-state index contributed by atoms with van der Waals surface area (Å²) in [5.74, 6) is -0.0711. The molecule has 0 aromatic heterocycles. The maximum atomic E-state index is 10.6. The molecule has 1 rings (SSSR count). The number of carbonyl (C=O) groups excluding carboxylic acids is 1. The van der Waals surface area contributed by atoms with Crippen molar-refractivity contribution in [1.82, 2.24) is 0 Å². The summed E-state index contributed by atoms with van der Waals surface area (Å²) in [5.41, 5.74) is 0. The Morgan fingerprint density at radius 2 is 2.44 bits per heavy atom. The Morgan fingerprint density at radius 1 is 1.78 bits per heavy atom. The highest BCUT2D eigenvalue weighted by molar-refractivity contribution is 9.09. The van der Waals surface area contributed by atoms with Crippen molar-refractivity contribution in [2.45, 2.75) is 30.7 Å². The number of cyclic esters (lactones) is 1. The van der Waals surface area contributed by atoms with Gasteiger partial charge in [-0.2, -0.15) is 0 Å². The zero-order valence-electron chi connectivity index (χ0n) is 5.26. The summed E-state index contributed by atoms with van der Waals surface area (Å²) in [6, 6.07) is 0. The van der Waals surface area contributed by atoms with E-state index in [9.17, 15) is 4.79 Å². The topological polar surface area (TPSA) is 26.3 Å². The third kappa shape index (κ3) is 1.68. The Balaban J connectivity index is 2.44. The lowest BCUT2D eigenvalue weighted by Gasteiger charge is -2.23. The average Bonchev–Trinajstić information content (AvgIpc) is 1.80. The standard InChI is InChI=1S/C6H9BrO2/c1-4-5(7)2-3-6(8)9-4/h4-5H,2-3H2,1H3/t4-,5+/m0/s1. The molecule has 2 atom stereocenters. The molecule has 2 nitrogen and oxygen atoms in total. The zero-order chi connectivity index (χ0) is 6.85. The van der Waals surface area contributed by atoms with E-state index >= 15 is 0 Å². The Morgan fingerprint density at radius 3 is 2.89 bits per heavy atom. The van der Waals surface area contributed by atoms with Crippen LogP contribution in [0.3, 0.4) is 0 Å². The van der Waals surface area contributed by atoms with Crippen LogP contribution in [0.15, 0.2) is 0 Å². The van der Waals surface area contributed by atoms with E-state index in [1.165, 1.54) is 0 Å². The van der Waals surface area contributed by atoms with Crippen LogP contribution in [0, 0.1) is 0 Å². The first-order chi connectivity index (χ1) is 4.20. The molecule has 0 spiro atoms. The molecule has 1 saturated heterocycles. The monoisotopic (exact) mass is 192 g/mol. The van der Waals surface area contributed by atoms with Gasteiger partial charge in [-0.15, -0.1) is 0 Å². The lowest BCUT2D eigenvalue weighted by Crippen LogP contribution is -2.30.